The number of hydrogen-bond donors (Lipinski definition) is 0. The Morgan fingerprint density at radius 2 is 1.90 bits per heavy atom. The highest BCUT2D eigenvalue weighted by Gasteiger charge is 2.11. The van der Waals surface area contributed by atoms with Crippen molar-refractivity contribution in [1.82, 2.24) is 14.2 Å². The highest BCUT2D eigenvalue weighted by Crippen LogP contribution is 2.18. The molecule has 0 amide bonds. The third-order valence-electron chi connectivity index (χ3n) is 4.80. The minimum Gasteiger partial charge on any atom is -0.316 e. The van der Waals surface area contributed by atoms with E-state index in [0.717, 1.165) is 33.2 Å². The lowest BCUT2D eigenvalue weighted by atomic mass is 10.2. The van der Waals surface area contributed by atoms with Crippen molar-refractivity contribution in [3.63, 3.8) is 0 Å². The average Bonchev–Trinajstić information content (AvgIpc) is 3.21. The first-order valence-electron chi connectivity index (χ1n) is 9.75. The van der Waals surface area contributed by atoms with E-state index < -0.39 is 0 Å². The molecule has 2 aromatic heterocycles. The summed E-state index contributed by atoms with van der Waals surface area (Å²) in [4.78, 5) is 17.9. The highest BCUT2D eigenvalue weighted by atomic mass is 79.9. The lowest BCUT2D eigenvalue weighted by Crippen LogP contribution is -2.22. The highest BCUT2D eigenvalue weighted by molar-refractivity contribution is 9.10. The van der Waals surface area contributed by atoms with Crippen LogP contribution in [0.4, 0.5) is 0 Å². The van der Waals surface area contributed by atoms with Crippen molar-refractivity contribution < 1.29 is 0 Å². The monoisotopic (exact) mass is 526 g/mol. The zero-order valence-corrected chi connectivity index (χ0v) is 19.6. The van der Waals surface area contributed by atoms with E-state index in [9.17, 15) is 4.79 Å². The van der Waals surface area contributed by atoms with Gasteiger partial charge in [0.25, 0.3) is 5.56 Å². The van der Waals surface area contributed by atoms with Crippen molar-refractivity contribution in [2.24, 2.45) is 5.10 Å². The molecule has 0 saturated heterocycles. The summed E-state index contributed by atoms with van der Waals surface area (Å²) in [5, 5.41) is 5.10. The van der Waals surface area contributed by atoms with Gasteiger partial charge in [-0.3, -0.25) is 4.79 Å². The number of nitrogens with zero attached hydrogens (tertiary/aromatic N) is 4. The Hall–Kier alpha value is -2.51. The van der Waals surface area contributed by atoms with Gasteiger partial charge in [0, 0.05) is 27.3 Å². The number of aryl methyl sites for hydroxylation is 1. The van der Waals surface area contributed by atoms with Gasteiger partial charge < -0.3 is 4.57 Å². The van der Waals surface area contributed by atoms with Crippen molar-refractivity contribution in [3.8, 4) is 5.69 Å². The van der Waals surface area contributed by atoms with Crippen LogP contribution in [-0.2, 0) is 6.42 Å². The lowest BCUT2D eigenvalue weighted by Gasteiger charge is -2.10. The van der Waals surface area contributed by atoms with Gasteiger partial charge in [-0.2, -0.15) is 9.78 Å². The first kappa shape index (κ1) is 20.8. The molecule has 4 rings (SSSR count). The predicted molar refractivity (Wildman–Crippen MR) is 129 cm³/mol. The zero-order valence-electron chi connectivity index (χ0n) is 16.4. The van der Waals surface area contributed by atoms with Gasteiger partial charge in [-0.15, -0.1) is 0 Å². The van der Waals surface area contributed by atoms with E-state index in [1.54, 1.807) is 12.3 Å². The number of benzene rings is 2. The molecule has 0 aliphatic heterocycles. The fraction of sp³-hybridized carbons (Fsp3) is 0.174. The van der Waals surface area contributed by atoms with Gasteiger partial charge in [0.15, 0.2) is 0 Å². The zero-order chi connectivity index (χ0) is 21.1. The smallest absolute Gasteiger partial charge is 0.282 e. The maximum absolute atomic E-state index is 13.2. The number of fused-ring (bicyclic) bond motifs is 1. The number of rotatable bonds is 6. The summed E-state index contributed by atoms with van der Waals surface area (Å²) in [7, 11) is 0. The van der Waals surface area contributed by atoms with E-state index in [4.69, 9.17) is 4.98 Å². The van der Waals surface area contributed by atoms with Gasteiger partial charge in [0.1, 0.15) is 5.82 Å². The van der Waals surface area contributed by atoms with Crippen LogP contribution in [0.25, 0.3) is 16.6 Å². The largest absolute Gasteiger partial charge is 0.316 e. The molecule has 0 bridgehead atoms. The molecule has 0 unspecified atom stereocenters. The Bertz CT molecular complexity index is 1290. The Morgan fingerprint density at radius 3 is 2.70 bits per heavy atom. The lowest BCUT2D eigenvalue weighted by molar-refractivity contribution is 0.674. The molecule has 0 spiro atoms. The van der Waals surface area contributed by atoms with E-state index in [0.29, 0.717) is 23.1 Å². The van der Waals surface area contributed by atoms with Crippen LogP contribution in [0.1, 0.15) is 31.3 Å². The fourth-order valence-corrected chi connectivity index (χ4v) is 4.04. The van der Waals surface area contributed by atoms with Gasteiger partial charge in [-0.25, -0.2) is 4.98 Å². The van der Waals surface area contributed by atoms with Crippen molar-refractivity contribution in [3.05, 3.63) is 91.6 Å². The van der Waals surface area contributed by atoms with E-state index in [1.165, 1.54) is 4.68 Å². The summed E-state index contributed by atoms with van der Waals surface area (Å²) in [6.45, 7) is 2.12. The molecular weight excluding hydrogens is 508 g/mol. The van der Waals surface area contributed by atoms with Crippen molar-refractivity contribution in [2.75, 3.05) is 0 Å². The van der Waals surface area contributed by atoms with Crippen molar-refractivity contribution in [2.45, 2.75) is 26.2 Å². The molecular formula is C23H20Br2N4O. The molecule has 0 N–H and O–H groups in total. The average molecular weight is 528 g/mol. The standard InChI is InChI=1S/C23H20Br2N4O/c1-2-3-9-22-27-21-11-10-17(25)14-20(21)23(30)29(22)26-15-19-8-5-12-28(19)18-7-4-6-16(24)13-18/h4-8,10-15H,2-3,9H2,1H3. The van der Waals surface area contributed by atoms with Crippen LogP contribution in [0.3, 0.4) is 0 Å². The van der Waals surface area contributed by atoms with Crippen molar-refractivity contribution in [1.29, 1.82) is 0 Å². The summed E-state index contributed by atoms with van der Waals surface area (Å²) in [5.74, 6) is 0.675. The van der Waals surface area contributed by atoms with E-state index in [1.807, 2.05) is 59.3 Å². The molecule has 152 valence electrons. The van der Waals surface area contributed by atoms with Crippen LogP contribution in [-0.4, -0.2) is 20.4 Å². The predicted octanol–water partition coefficient (Wildman–Crippen LogP) is 5.94. The summed E-state index contributed by atoms with van der Waals surface area (Å²) in [6, 6.07) is 17.5. The van der Waals surface area contributed by atoms with Crippen LogP contribution in [0.5, 0.6) is 0 Å². The molecule has 0 saturated carbocycles. The fourth-order valence-electron chi connectivity index (χ4n) is 3.29. The Labute approximate surface area is 191 Å². The van der Waals surface area contributed by atoms with Gasteiger partial charge >= 0.3 is 0 Å². The van der Waals surface area contributed by atoms with Crippen LogP contribution in [0, 0.1) is 0 Å². The van der Waals surface area contributed by atoms with Gasteiger partial charge in [0.05, 0.1) is 22.8 Å². The molecule has 0 fully saturated rings. The number of hydrogen-bond acceptors (Lipinski definition) is 3. The van der Waals surface area contributed by atoms with Crippen LogP contribution in [0.15, 0.2) is 79.6 Å². The first-order valence-corrected chi connectivity index (χ1v) is 11.3. The Morgan fingerprint density at radius 1 is 1.07 bits per heavy atom. The topological polar surface area (TPSA) is 52.2 Å². The molecule has 4 aromatic rings. The van der Waals surface area contributed by atoms with Crippen LogP contribution < -0.4 is 5.56 Å². The molecule has 0 radical (unpaired) electrons. The summed E-state index contributed by atoms with van der Waals surface area (Å²) in [6.07, 6.45) is 6.34. The minimum absolute atomic E-state index is 0.163. The Balaban J connectivity index is 1.80. The molecule has 5 nitrogen and oxygen atoms in total. The summed E-state index contributed by atoms with van der Waals surface area (Å²) < 4.78 is 5.30. The van der Waals surface area contributed by atoms with Crippen molar-refractivity contribution >= 4 is 49.0 Å². The second kappa shape index (κ2) is 9.10. The summed E-state index contributed by atoms with van der Waals surface area (Å²) in [5.41, 5.74) is 2.41. The third kappa shape index (κ3) is 4.32. The third-order valence-corrected chi connectivity index (χ3v) is 5.79. The van der Waals surface area contributed by atoms with Gasteiger partial charge in [-0.05, 0) is 55.0 Å². The SMILES string of the molecule is CCCCc1nc2ccc(Br)cc2c(=O)n1N=Cc1cccn1-c1cccc(Br)c1. The molecule has 2 heterocycles. The van der Waals surface area contributed by atoms with Gasteiger partial charge in [-0.1, -0.05) is 51.3 Å². The summed E-state index contributed by atoms with van der Waals surface area (Å²) >= 11 is 6.96. The number of unbranched alkanes of at least 4 members (excludes halogenated alkanes) is 1. The van der Waals surface area contributed by atoms with Crippen LogP contribution in [0.2, 0.25) is 0 Å². The molecule has 0 aliphatic carbocycles. The second-order valence-corrected chi connectivity index (χ2v) is 8.77. The molecule has 30 heavy (non-hydrogen) atoms. The van der Waals surface area contributed by atoms with E-state index in [2.05, 4.69) is 43.9 Å². The van der Waals surface area contributed by atoms with E-state index >= 15 is 0 Å². The number of halogens is 2. The van der Waals surface area contributed by atoms with E-state index in [-0.39, 0.29) is 5.56 Å². The molecule has 7 heteroatoms. The van der Waals surface area contributed by atoms with Crippen LogP contribution >= 0.6 is 31.9 Å². The second-order valence-electron chi connectivity index (χ2n) is 6.94. The van der Waals surface area contributed by atoms with Gasteiger partial charge in [0.2, 0.25) is 0 Å². The molecule has 0 atom stereocenters. The first-order chi connectivity index (χ1) is 14.6. The number of aromatic nitrogens is 3. The molecule has 2 aromatic carbocycles. The Kier molecular flexibility index (Phi) is 6.29. The maximum Gasteiger partial charge on any atom is 0.282 e. The minimum atomic E-state index is -0.163. The normalized spacial score (nSPS) is 11.6. The maximum atomic E-state index is 13.2. The quantitative estimate of drug-likeness (QED) is 0.291. The molecule has 0 aliphatic rings.